The Morgan fingerprint density at radius 2 is 2.36 bits per heavy atom. The molecule has 0 aromatic rings. The molecule has 0 saturated carbocycles. The number of hydrogen-bond donors (Lipinski definition) is 0. The Hall–Kier alpha value is -0.610. The van der Waals surface area contributed by atoms with Gasteiger partial charge in [-0.2, -0.15) is 0 Å². The zero-order valence-electron chi connectivity index (χ0n) is 6.62. The highest BCUT2D eigenvalue weighted by atomic mass is 16.7. The van der Waals surface area contributed by atoms with Gasteiger partial charge in [0, 0.05) is 12.4 Å². The van der Waals surface area contributed by atoms with Crippen LogP contribution in [0.3, 0.4) is 0 Å². The summed E-state index contributed by atoms with van der Waals surface area (Å²) in [5.41, 5.74) is 0. The number of ether oxygens (including phenoxy) is 2. The molecule has 4 nitrogen and oxygen atoms in total. The van der Waals surface area contributed by atoms with Crippen LogP contribution >= 0.6 is 0 Å². The van der Waals surface area contributed by atoms with E-state index in [2.05, 4.69) is 0 Å². The van der Waals surface area contributed by atoms with Crippen molar-refractivity contribution in [1.29, 1.82) is 0 Å². The maximum absolute atomic E-state index is 10.1. The smallest absolute Gasteiger partial charge is 0.163 e. The first kappa shape index (κ1) is 8.49. The number of carboxylic acids is 1. The van der Waals surface area contributed by atoms with Gasteiger partial charge in [-0.1, -0.05) is 0 Å². The maximum atomic E-state index is 10.1. The van der Waals surface area contributed by atoms with Crippen LogP contribution in [0.5, 0.6) is 0 Å². The van der Waals surface area contributed by atoms with Crippen molar-refractivity contribution in [2.45, 2.75) is 32.2 Å². The lowest BCUT2D eigenvalue weighted by Gasteiger charge is -2.16. The second-order valence-electron chi connectivity index (χ2n) is 3.03. The molecule has 0 amide bonds. The minimum absolute atomic E-state index is 0.0938. The Labute approximate surface area is 65.1 Å². The van der Waals surface area contributed by atoms with Gasteiger partial charge in [-0.05, 0) is 13.8 Å². The van der Waals surface area contributed by atoms with E-state index in [1.165, 1.54) is 0 Å². The van der Waals surface area contributed by atoms with Gasteiger partial charge in [-0.15, -0.1) is 0 Å². The van der Waals surface area contributed by atoms with E-state index in [-0.39, 0.29) is 12.5 Å². The summed E-state index contributed by atoms with van der Waals surface area (Å²) in [6, 6.07) is 0. The average molecular weight is 159 g/mol. The molecule has 0 radical (unpaired) electrons. The Balaban J connectivity index is 2.36. The second kappa shape index (κ2) is 2.79. The van der Waals surface area contributed by atoms with E-state index in [9.17, 15) is 9.90 Å². The summed E-state index contributed by atoms with van der Waals surface area (Å²) in [7, 11) is 0. The van der Waals surface area contributed by atoms with Crippen LogP contribution in [0.4, 0.5) is 0 Å². The first-order valence-electron chi connectivity index (χ1n) is 3.51. The number of hydrogen-bond acceptors (Lipinski definition) is 4. The number of carbonyl (C=O) groups is 1. The summed E-state index contributed by atoms with van der Waals surface area (Å²) in [4.78, 5) is 10.1. The molecular weight excluding hydrogens is 148 g/mol. The highest BCUT2D eigenvalue weighted by Gasteiger charge is 2.32. The minimum atomic E-state index is -1.10. The molecule has 1 atom stereocenters. The standard InChI is InChI=1S/C7H12O4/c1-7(2)10-4-5(11-7)3-6(8)9/h5H,3-4H2,1-2H3,(H,8,9)/p-1/t5-/m0/s1. The first-order chi connectivity index (χ1) is 4.99. The molecule has 1 saturated heterocycles. The zero-order chi connectivity index (χ0) is 8.48. The van der Waals surface area contributed by atoms with Crippen molar-refractivity contribution in [2.24, 2.45) is 0 Å². The Kier molecular flexibility index (Phi) is 2.15. The Morgan fingerprint density at radius 1 is 1.73 bits per heavy atom. The third-order valence-electron chi connectivity index (χ3n) is 1.46. The predicted molar refractivity (Wildman–Crippen MR) is 34.5 cm³/mol. The fourth-order valence-electron chi connectivity index (χ4n) is 1.05. The van der Waals surface area contributed by atoms with Gasteiger partial charge in [0.1, 0.15) is 0 Å². The van der Waals surface area contributed by atoms with E-state index in [0.717, 1.165) is 0 Å². The van der Waals surface area contributed by atoms with Gasteiger partial charge >= 0.3 is 0 Å². The second-order valence-corrected chi connectivity index (χ2v) is 3.03. The van der Waals surface area contributed by atoms with Crippen LogP contribution in [0.1, 0.15) is 20.3 Å². The van der Waals surface area contributed by atoms with E-state index in [0.29, 0.717) is 6.61 Å². The van der Waals surface area contributed by atoms with Crippen molar-refractivity contribution in [3.8, 4) is 0 Å². The number of carboxylic acid groups (broad SMARTS) is 1. The molecule has 64 valence electrons. The normalized spacial score (nSPS) is 28.7. The van der Waals surface area contributed by atoms with Crippen LogP contribution in [-0.4, -0.2) is 24.5 Å². The topological polar surface area (TPSA) is 58.6 Å². The van der Waals surface area contributed by atoms with Crippen molar-refractivity contribution in [3.05, 3.63) is 0 Å². The molecule has 0 spiro atoms. The van der Waals surface area contributed by atoms with Gasteiger partial charge in [0.05, 0.1) is 12.7 Å². The summed E-state index contributed by atoms with van der Waals surface area (Å²) in [6.45, 7) is 3.84. The predicted octanol–water partition coefficient (Wildman–Crippen LogP) is -0.722. The molecule has 1 aliphatic rings. The van der Waals surface area contributed by atoms with E-state index in [4.69, 9.17) is 9.47 Å². The number of aliphatic carboxylic acids is 1. The molecule has 0 unspecified atom stereocenters. The van der Waals surface area contributed by atoms with E-state index in [1.54, 1.807) is 13.8 Å². The molecule has 11 heavy (non-hydrogen) atoms. The maximum Gasteiger partial charge on any atom is 0.163 e. The van der Waals surface area contributed by atoms with Crippen molar-refractivity contribution in [2.75, 3.05) is 6.61 Å². The van der Waals surface area contributed by atoms with Crippen LogP contribution in [0, 0.1) is 0 Å². The summed E-state index contributed by atoms with van der Waals surface area (Å²) in [5, 5.41) is 10.1. The molecule has 1 rings (SSSR count). The summed E-state index contributed by atoms with van der Waals surface area (Å²) < 4.78 is 10.4. The molecule has 1 heterocycles. The lowest BCUT2D eigenvalue weighted by molar-refractivity contribution is -0.307. The summed E-state index contributed by atoms with van der Waals surface area (Å²) >= 11 is 0. The van der Waals surface area contributed by atoms with Gasteiger partial charge in [0.2, 0.25) is 0 Å². The number of rotatable bonds is 2. The highest BCUT2D eigenvalue weighted by molar-refractivity contribution is 5.64. The third-order valence-corrected chi connectivity index (χ3v) is 1.46. The van der Waals surface area contributed by atoms with Gasteiger partial charge in [-0.25, -0.2) is 0 Å². The van der Waals surface area contributed by atoms with Crippen LogP contribution in [0.2, 0.25) is 0 Å². The van der Waals surface area contributed by atoms with Crippen molar-refractivity contribution >= 4 is 5.97 Å². The Morgan fingerprint density at radius 3 is 2.73 bits per heavy atom. The van der Waals surface area contributed by atoms with Gasteiger partial charge in [0.15, 0.2) is 5.79 Å². The fourth-order valence-corrected chi connectivity index (χ4v) is 1.05. The van der Waals surface area contributed by atoms with Crippen molar-refractivity contribution in [1.82, 2.24) is 0 Å². The zero-order valence-corrected chi connectivity index (χ0v) is 6.62. The van der Waals surface area contributed by atoms with Gasteiger partial charge < -0.3 is 19.4 Å². The summed E-state index contributed by atoms with van der Waals surface area (Å²) in [6.07, 6.45) is -0.446. The van der Waals surface area contributed by atoms with E-state index < -0.39 is 11.8 Å². The molecule has 4 heteroatoms. The summed E-state index contributed by atoms with van der Waals surface area (Å²) in [5.74, 6) is -1.74. The molecular formula is C7H11O4-. The molecule has 0 N–H and O–H groups in total. The van der Waals surface area contributed by atoms with Crippen molar-refractivity contribution < 1.29 is 19.4 Å². The van der Waals surface area contributed by atoms with Crippen LogP contribution in [0.15, 0.2) is 0 Å². The molecule has 0 aliphatic carbocycles. The van der Waals surface area contributed by atoms with Gasteiger partial charge in [-0.3, -0.25) is 0 Å². The average Bonchev–Trinajstić information content (AvgIpc) is 2.08. The first-order valence-corrected chi connectivity index (χ1v) is 3.51. The van der Waals surface area contributed by atoms with E-state index in [1.807, 2.05) is 0 Å². The highest BCUT2D eigenvalue weighted by Crippen LogP contribution is 2.23. The SMILES string of the molecule is CC1(C)OC[C@H](CC(=O)[O-])O1. The lowest BCUT2D eigenvalue weighted by Crippen LogP contribution is -2.29. The molecule has 0 aromatic carbocycles. The molecule has 1 fully saturated rings. The fraction of sp³-hybridized carbons (Fsp3) is 0.857. The Bertz CT molecular complexity index is 164. The van der Waals surface area contributed by atoms with Crippen LogP contribution < -0.4 is 5.11 Å². The van der Waals surface area contributed by atoms with E-state index >= 15 is 0 Å². The molecule has 0 aromatic heterocycles. The largest absolute Gasteiger partial charge is 0.550 e. The van der Waals surface area contributed by atoms with Crippen LogP contribution in [0.25, 0.3) is 0 Å². The quantitative estimate of drug-likeness (QED) is 0.533. The van der Waals surface area contributed by atoms with Gasteiger partial charge in [0.25, 0.3) is 0 Å². The third kappa shape index (κ3) is 2.48. The monoisotopic (exact) mass is 159 g/mol. The minimum Gasteiger partial charge on any atom is -0.550 e. The van der Waals surface area contributed by atoms with Crippen LogP contribution in [-0.2, 0) is 14.3 Å². The molecule has 1 aliphatic heterocycles. The van der Waals surface area contributed by atoms with Crippen molar-refractivity contribution in [3.63, 3.8) is 0 Å². The molecule has 0 bridgehead atoms. The number of carbonyl (C=O) groups excluding carboxylic acids is 1. The lowest BCUT2D eigenvalue weighted by atomic mass is 10.3.